The molecule has 3 aromatic rings. The van der Waals surface area contributed by atoms with Gasteiger partial charge in [-0.25, -0.2) is 9.50 Å². The third-order valence-electron chi connectivity index (χ3n) is 4.65. The summed E-state index contributed by atoms with van der Waals surface area (Å²) in [5.74, 6) is -0.0246. The second-order valence-electron chi connectivity index (χ2n) is 6.56. The molecule has 1 amide bonds. The molecule has 1 saturated carbocycles. The van der Waals surface area contributed by atoms with Gasteiger partial charge >= 0.3 is 0 Å². The van der Waals surface area contributed by atoms with Crippen LogP contribution in [0.1, 0.15) is 41.7 Å². The van der Waals surface area contributed by atoms with E-state index < -0.39 is 0 Å². The van der Waals surface area contributed by atoms with Crippen LogP contribution in [0.15, 0.2) is 28.3 Å². The summed E-state index contributed by atoms with van der Waals surface area (Å²) in [6.07, 6.45) is 9.67. The molecule has 0 bridgehead atoms. The fourth-order valence-corrected chi connectivity index (χ4v) is 5.61. The third kappa shape index (κ3) is 3.46. The highest BCUT2D eigenvalue weighted by atomic mass is 32.2. The lowest BCUT2D eigenvalue weighted by Gasteiger charge is -2.28. The lowest BCUT2D eigenvalue weighted by atomic mass is 9.95. The Bertz CT molecular complexity index is 888. The molecule has 132 valence electrons. The van der Waals surface area contributed by atoms with Crippen LogP contribution in [-0.4, -0.2) is 36.4 Å². The summed E-state index contributed by atoms with van der Waals surface area (Å²) in [5, 5.41) is 10.1. The summed E-state index contributed by atoms with van der Waals surface area (Å²) < 4.78 is 4.82. The zero-order valence-corrected chi connectivity index (χ0v) is 15.9. The number of carbonyl (C=O) groups is 1. The van der Waals surface area contributed by atoms with Crippen molar-refractivity contribution in [1.29, 1.82) is 0 Å². The minimum Gasteiger partial charge on any atom is -0.349 e. The van der Waals surface area contributed by atoms with Gasteiger partial charge < -0.3 is 9.88 Å². The lowest BCUT2D eigenvalue weighted by Crippen LogP contribution is -2.38. The Balaban J connectivity index is 1.33. The minimum absolute atomic E-state index is 0.0246. The standard InChI is InChI=1S/C17H21N5OS2/c1-11-10-24-17(19-11)25-13-5-3-12(4-6-13)20-15(23)14-9-18-22-8-7-21(2)16(14)22/h7-10,12-13H,3-6H2,1-2H3,(H,20,23). The Morgan fingerprint density at radius 2 is 2.12 bits per heavy atom. The highest BCUT2D eigenvalue weighted by Crippen LogP contribution is 2.35. The van der Waals surface area contributed by atoms with Crippen LogP contribution in [0, 0.1) is 6.92 Å². The number of hydrogen-bond donors (Lipinski definition) is 1. The first kappa shape index (κ1) is 16.7. The molecule has 1 aliphatic carbocycles. The van der Waals surface area contributed by atoms with E-state index >= 15 is 0 Å². The topological polar surface area (TPSA) is 64.2 Å². The SMILES string of the molecule is Cc1csc(SC2CCC(NC(=O)c3cnn4ccn(C)c34)CC2)n1. The Hall–Kier alpha value is -1.80. The molecule has 1 aliphatic rings. The molecule has 6 nitrogen and oxygen atoms in total. The quantitative estimate of drug-likeness (QED) is 0.760. The van der Waals surface area contributed by atoms with Crippen LogP contribution in [0.5, 0.6) is 0 Å². The van der Waals surface area contributed by atoms with Crippen molar-refractivity contribution in [2.45, 2.75) is 48.2 Å². The molecule has 0 radical (unpaired) electrons. The van der Waals surface area contributed by atoms with E-state index in [0.717, 1.165) is 41.4 Å². The number of thioether (sulfide) groups is 1. The van der Waals surface area contributed by atoms with E-state index in [2.05, 4.69) is 20.8 Å². The molecule has 4 rings (SSSR count). The maximum Gasteiger partial charge on any atom is 0.256 e. The lowest BCUT2D eigenvalue weighted by molar-refractivity contribution is 0.0929. The average molecular weight is 376 g/mol. The van der Waals surface area contributed by atoms with Crippen LogP contribution in [-0.2, 0) is 7.05 Å². The summed E-state index contributed by atoms with van der Waals surface area (Å²) in [4.78, 5) is 17.2. The van der Waals surface area contributed by atoms with Crippen LogP contribution in [0.25, 0.3) is 5.65 Å². The van der Waals surface area contributed by atoms with Gasteiger partial charge in [0.15, 0.2) is 0 Å². The van der Waals surface area contributed by atoms with Gasteiger partial charge in [0, 0.05) is 41.8 Å². The van der Waals surface area contributed by atoms with Crippen LogP contribution < -0.4 is 5.32 Å². The molecule has 3 aromatic heterocycles. The number of fused-ring (bicyclic) bond motifs is 1. The number of rotatable bonds is 4. The predicted molar refractivity (Wildman–Crippen MR) is 100 cm³/mol. The van der Waals surface area contributed by atoms with Crippen molar-refractivity contribution in [3.05, 3.63) is 35.2 Å². The molecule has 8 heteroatoms. The Morgan fingerprint density at radius 1 is 1.32 bits per heavy atom. The van der Waals surface area contributed by atoms with E-state index in [1.165, 1.54) is 0 Å². The molecule has 0 atom stereocenters. The Morgan fingerprint density at radius 3 is 2.84 bits per heavy atom. The Kier molecular flexibility index (Phi) is 4.56. The molecule has 25 heavy (non-hydrogen) atoms. The zero-order chi connectivity index (χ0) is 17.4. The summed E-state index contributed by atoms with van der Waals surface area (Å²) in [7, 11) is 1.93. The van der Waals surface area contributed by atoms with Crippen molar-refractivity contribution < 1.29 is 4.79 Å². The predicted octanol–water partition coefficient (Wildman–Crippen LogP) is 3.27. The number of aryl methyl sites for hydroxylation is 2. The summed E-state index contributed by atoms with van der Waals surface area (Å²) in [6.45, 7) is 2.04. The van der Waals surface area contributed by atoms with E-state index in [0.29, 0.717) is 10.8 Å². The van der Waals surface area contributed by atoms with Crippen LogP contribution in [0.4, 0.5) is 0 Å². The van der Waals surface area contributed by atoms with Crippen molar-refractivity contribution in [1.82, 2.24) is 24.5 Å². The van der Waals surface area contributed by atoms with E-state index in [1.807, 2.05) is 42.7 Å². The molecular weight excluding hydrogens is 354 g/mol. The highest BCUT2D eigenvalue weighted by Gasteiger charge is 2.25. The van der Waals surface area contributed by atoms with Crippen LogP contribution >= 0.6 is 23.1 Å². The molecule has 0 unspecified atom stereocenters. The van der Waals surface area contributed by atoms with Crippen LogP contribution in [0.3, 0.4) is 0 Å². The Labute approximate surface area is 154 Å². The molecule has 0 aliphatic heterocycles. The van der Waals surface area contributed by atoms with Gasteiger partial charge in [0.25, 0.3) is 5.91 Å². The van der Waals surface area contributed by atoms with Crippen molar-refractivity contribution in [2.24, 2.45) is 7.05 Å². The molecule has 1 N–H and O–H groups in total. The molecular formula is C17H21N5OS2. The van der Waals surface area contributed by atoms with E-state index in [9.17, 15) is 4.79 Å². The van der Waals surface area contributed by atoms with Gasteiger partial charge in [0.05, 0.1) is 6.20 Å². The monoisotopic (exact) mass is 375 g/mol. The van der Waals surface area contributed by atoms with Gasteiger partial charge in [0.1, 0.15) is 15.6 Å². The van der Waals surface area contributed by atoms with E-state index in [-0.39, 0.29) is 11.9 Å². The second-order valence-corrected chi connectivity index (χ2v) is 8.96. The fourth-order valence-electron chi connectivity index (χ4n) is 3.33. The summed E-state index contributed by atoms with van der Waals surface area (Å²) in [5.41, 5.74) is 2.57. The maximum absolute atomic E-state index is 12.6. The molecule has 0 saturated heterocycles. The number of nitrogens with one attached hydrogen (secondary N) is 1. The van der Waals surface area contributed by atoms with Crippen molar-refractivity contribution in [3.63, 3.8) is 0 Å². The number of imidazole rings is 1. The number of carbonyl (C=O) groups excluding carboxylic acids is 1. The minimum atomic E-state index is -0.0246. The van der Waals surface area contributed by atoms with Gasteiger partial charge in [-0.3, -0.25) is 4.79 Å². The normalized spacial score (nSPS) is 20.9. The molecule has 3 heterocycles. The molecule has 0 spiro atoms. The fraction of sp³-hybridized carbons (Fsp3) is 0.471. The van der Waals surface area contributed by atoms with Gasteiger partial charge in [-0.2, -0.15) is 5.10 Å². The third-order valence-corrected chi connectivity index (χ3v) is 7.08. The van der Waals surface area contributed by atoms with Crippen molar-refractivity contribution in [2.75, 3.05) is 0 Å². The first-order valence-electron chi connectivity index (χ1n) is 8.48. The van der Waals surface area contributed by atoms with E-state index in [4.69, 9.17) is 0 Å². The second kappa shape index (κ2) is 6.84. The van der Waals surface area contributed by atoms with Gasteiger partial charge in [0.2, 0.25) is 0 Å². The van der Waals surface area contributed by atoms with Gasteiger partial charge in [-0.05, 0) is 32.6 Å². The first-order valence-corrected chi connectivity index (χ1v) is 10.2. The first-order chi connectivity index (χ1) is 12.1. The smallest absolute Gasteiger partial charge is 0.256 e. The van der Waals surface area contributed by atoms with Gasteiger partial charge in [-0.1, -0.05) is 11.8 Å². The van der Waals surface area contributed by atoms with Gasteiger partial charge in [-0.15, -0.1) is 11.3 Å². The van der Waals surface area contributed by atoms with Crippen LogP contribution in [0.2, 0.25) is 0 Å². The zero-order valence-electron chi connectivity index (χ0n) is 14.3. The number of hydrogen-bond acceptors (Lipinski definition) is 5. The summed E-state index contributed by atoms with van der Waals surface area (Å²) in [6, 6.07) is 0.248. The number of thiazole rings is 1. The maximum atomic E-state index is 12.6. The van der Waals surface area contributed by atoms with Crippen molar-refractivity contribution in [3.8, 4) is 0 Å². The molecule has 1 fully saturated rings. The van der Waals surface area contributed by atoms with E-state index in [1.54, 1.807) is 22.0 Å². The number of amides is 1. The number of nitrogens with zero attached hydrogens (tertiary/aromatic N) is 4. The molecule has 0 aromatic carbocycles. The largest absolute Gasteiger partial charge is 0.349 e. The average Bonchev–Trinajstić information content (AvgIpc) is 3.28. The number of aromatic nitrogens is 4. The highest BCUT2D eigenvalue weighted by molar-refractivity contribution is 8.01. The van der Waals surface area contributed by atoms with Crippen molar-refractivity contribution >= 4 is 34.7 Å². The summed E-state index contributed by atoms with van der Waals surface area (Å²) >= 11 is 3.61.